The fourth-order valence-corrected chi connectivity index (χ4v) is 7.87. The maximum atomic E-state index is 17.1. The molecule has 3 aliphatic heterocycles. The van der Waals surface area contributed by atoms with E-state index < -0.39 is 40.6 Å². The second-order valence-corrected chi connectivity index (χ2v) is 13.0. The highest BCUT2D eigenvalue weighted by Crippen LogP contribution is 2.46. The molecule has 3 aliphatic rings. The van der Waals surface area contributed by atoms with E-state index >= 15 is 8.78 Å². The predicted molar refractivity (Wildman–Crippen MR) is 177 cm³/mol. The number of fused-ring (bicyclic) bond motifs is 4. The van der Waals surface area contributed by atoms with Crippen molar-refractivity contribution in [3.05, 3.63) is 70.8 Å². The Hall–Kier alpha value is -5.42. The number of benzene rings is 3. The second-order valence-electron chi connectivity index (χ2n) is 13.0. The SMILES string of the molecule is C#Cc1c(F)ccc2cccc(-c3c(F)c(OC)c4c(N5CCn6nc(C(N)=O)cc6C5)nc(OC[C@@]56CCCN5C[C@H](F)C6)nc4c3F)c12. The van der Waals surface area contributed by atoms with Gasteiger partial charge in [-0.15, -0.1) is 6.42 Å². The Labute approximate surface area is 283 Å². The molecule has 8 rings (SSSR count). The molecule has 2 N–H and O–H groups in total. The number of ether oxygens (including phenoxy) is 2. The minimum absolute atomic E-state index is 0.00839. The molecule has 10 nitrogen and oxygen atoms in total. The van der Waals surface area contributed by atoms with Gasteiger partial charge in [0, 0.05) is 24.9 Å². The number of hydrogen-bond acceptors (Lipinski definition) is 8. The molecule has 2 atom stereocenters. The van der Waals surface area contributed by atoms with Crippen LogP contribution in [0, 0.1) is 29.8 Å². The van der Waals surface area contributed by atoms with Crippen molar-refractivity contribution >= 4 is 33.4 Å². The summed E-state index contributed by atoms with van der Waals surface area (Å²) >= 11 is 0. The van der Waals surface area contributed by atoms with Gasteiger partial charge in [0.2, 0.25) is 0 Å². The number of halogens is 4. The van der Waals surface area contributed by atoms with E-state index in [1.807, 2.05) is 0 Å². The number of alkyl halides is 1. The van der Waals surface area contributed by atoms with E-state index in [2.05, 4.69) is 25.9 Å². The van der Waals surface area contributed by atoms with Gasteiger partial charge in [-0.2, -0.15) is 15.1 Å². The van der Waals surface area contributed by atoms with E-state index in [1.165, 1.54) is 25.3 Å². The molecular weight excluding hydrogens is 654 g/mol. The van der Waals surface area contributed by atoms with Crippen LogP contribution in [0.1, 0.15) is 41.0 Å². The number of nitrogens with two attached hydrogens (primary N) is 1. The van der Waals surface area contributed by atoms with Crippen LogP contribution in [0.3, 0.4) is 0 Å². The van der Waals surface area contributed by atoms with E-state index in [0.29, 0.717) is 30.6 Å². The average molecular weight is 686 g/mol. The molecule has 50 heavy (non-hydrogen) atoms. The number of primary amides is 1. The summed E-state index contributed by atoms with van der Waals surface area (Å²) in [6.07, 6.45) is 6.58. The summed E-state index contributed by atoms with van der Waals surface area (Å²) in [7, 11) is 1.25. The molecule has 0 saturated carbocycles. The molecular formula is C36H31F4N7O3. The molecule has 0 radical (unpaired) electrons. The summed E-state index contributed by atoms with van der Waals surface area (Å²) in [4.78, 5) is 24.8. The van der Waals surface area contributed by atoms with E-state index in [1.54, 1.807) is 27.8 Å². The minimum atomic E-state index is -1.06. The first kappa shape index (κ1) is 31.8. The molecule has 1 amide bonds. The molecule has 14 heteroatoms. The first-order chi connectivity index (χ1) is 24.1. The Morgan fingerprint density at radius 2 is 1.96 bits per heavy atom. The van der Waals surface area contributed by atoms with Crippen LogP contribution in [0.25, 0.3) is 32.8 Å². The van der Waals surface area contributed by atoms with Crippen molar-refractivity contribution in [1.82, 2.24) is 24.6 Å². The molecule has 0 aliphatic carbocycles. The lowest BCUT2D eigenvalue weighted by atomic mass is 9.92. The third kappa shape index (κ3) is 4.90. The van der Waals surface area contributed by atoms with Crippen LogP contribution >= 0.6 is 0 Å². The number of nitrogens with zero attached hydrogens (tertiary/aromatic N) is 6. The van der Waals surface area contributed by atoms with Gasteiger partial charge in [-0.3, -0.25) is 14.4 Å². The highest BCUT2D eigenvalue weighted by molar-refractivity contribution is 6.05. The third-order valence-electron chi connectivity index (χ3n) is 10.1. The Kier molecular flexibility index (Phi) is 7.56. The van der Waals surface area contributed by atoms with Crippen molar-refractivity contribution in [2.24, 2.45) is 5.73 Å². The number of terminal acetylenes is 1. The number of carbonyl (C=O) groups is 1. The summed E-state index contributed by atoms with van der Waals surface area (Å²) in [5.74, 6) is -1.43. The smallest absolute Gasteiger partial charge is 0.319 e. The Balaban J connectivity index is 1.33. The van der Waals surface area contributed by atoms with Crippen LogP contribution < -0.4 is 20.1 Å². The highest BCUT2D eigenvalue weighted by Gasteiger charge is 2.49. The molecule has 256 valence electrons. The van der Waals surface area contributed by atoms with Crippen LogP contribution in [0.5, 0.6) is 11.8 Å². The standard InChI is InChI=1S/C36H31F4N7O3/c1-3-22-24(38)9-8-19-6-4-7-23(26(19)22)27-29(39)31-28(32(49-2)30(27)40)34(45-12-13-47-21(17-45)14-25(44-47)33(41)48)43-35(42-31)50-18-36-10-5-11-46(36)16-20(37)15-36/h1,4,6-9,14,20H,5,10-13,15-18H2,2H3,(H2,41,48)/t20-,36+/m1/s1. The van der Waals surface area contributed by atoms with Crippen molar-refractivity contribution in [2.75, 3.05) is 38.3 Å². The van der Waals surface area contributed by atoms with E-state index in [4.69, 9.17) is 21.6 Å². The molecule has 0 unspecified atom stereocenters. The van der Waals surface area contributed by atoms with Gasteiger partial charge < -0.3 is 20.1 Å². The molecule has 5 aromatic rings. The monoisotopic (exact) mass is 685 g/mol. The molecule has 3 aromatic carbocycles. The molecule has 2 fully saturated rings. The fourth-order valence-electron chi connectivity index (χ4n) is 7.87. The summed E-state index contributed by atoms with van der Waals surface area (Å²) in [6, 6.07) is 8.76. The lowest BCUT2D eigenvalue weighted by molar-refractivity contribution is 0.0994. The first-order valence-electron chi connectivity index (χ1n) is 16.2. The third-order valence-corrected chi connectivity index (χ3v) is 10.1. The lowest BCUT2D eigenvalue weighted by Crippen LogP contribution is -2.43. The van der Waals surface area contributed by atoms with Crippen molar-refractivity contribution < 1.29 is 31.8 Å². The van der Waals surface area contributed by atoms with E-state index in [-0.39, 0.29) is 70.4 Å². The lowest BCUT2D eigenvalue weighted by Gasteiger charge is -2.32. The average Bonchev–Trinajstić information content (AvgIpc) is 3.79. The van der Waals surface area contributed by atoms with E-state index in [9.17, 15) is 13.6 Å². The normalized spacial score (nSPS) is 20.2. The van der Waals surface area contributed by atoms with Gasteiger partial charge in [0.1, 0.15) is 35.6 Å². The number of carbonyl (C=O) groups excluding carboxylic acids is 1. The largest absolute Gasteiger partial charge is 0.493 e. The molecule has 0 bridgehead atoms. The zero-order chi connectivity index (χ0) is 34.9. The van der Waals surface area contributed by atoms with Gasteiger partial charge in [0.05, 0.1) is 47.9 Å². The Morgan fingerprint density at radius 1 is 1.12 bits per heavy atom. The van der Waals surface area contributed by atoms with Crippen LogP contribution in [-0.4, -0.2) is 75.6 Å². The van der Waals surface area contributed by atoms with Crippen molar-refractivity contribution in [3.8, 4) is 35.2 Å². The molecule has 5 heterocycles. The van der Waals surface area contributed by atoms with Crippen molar-refractivity contribution in [2.45, 2.75) is 44.1 Å². The molecule has 0 spiro atoms. The van der Waals surface area contributed by atoms with Crippen molar-refractivity contribution in [3.63, 3.8) is 0 Å². The summed E-state index contributed by atoms with van der Waals surface area (Å²) in [5, 5.41) is 4.83. The summed E-state index contributed by atoms with van der Waals surface area (Å²) in [6.45, 7) is 1.84. The van der Waals surface area contributed by atoms with Crippen molar-refractivity contribution in [1.29, 1.82) is 0 Å². The topological polar surface area (TPSA) is 112 Å². The minimum Gasteiger partial charge on any atom is -0.493 e. The molecule has 2 aromatic heterocycles. The second kappa shape index (κ2) is 11.9. The number of hydrogen-bond donors (Lipinski definition) is 1. The first-order valence-corrected chi connectivity index (χ1v) is 16.2. The van der Waals surface area contributed by atoms with Crippen LogP contribution in [0.4, 0.5) is 23.4 Å². The van der Waals surface area contributed by atoms with Crippen LogP contribution in [-0.2, 0) is 13.1 Å². The summed E-state index contributed by atoms with van der Waals surface area (Å²) in [5.41, 5.74) is 4.66. The van der Waals surface area contributed by atoms with Crippen LogP contribution in [0.15, 0.2) is 36.4 Å². The highest BCUT2D eigenvalue weighted by atomic mass is 19.1. The zero-order valence-electron chi connectivity index (χ0n) is 27.0. The zero-order valence-corrected chi connectivity index (χ0v) is 27.0. The van der Waals surface area contributed by atoms with Gasteiger partial charge in [-0.05, 0) is 42.5 Å². The summed E-state index contributed by atoms with van der Waals surface area (Å²) < 4.78 is 76.9. The van der Waals surface area contributed by atoms with Gasteiger partial charge in [-0.25, -0.2) is 17.6 Å². The number of aromatic nitrogens is 4. The quantitative estimate of drug-likeness (QED) is 0.186. The number of amides is 1. The van der Waals surface area contributed by atoms with Gasteiger partial charge in [0.25, 0.3) is 5.91 Å². The number of rotatable bonds is 7. The van der Waals surface area contributed by atoms with Gasteiger partial charge in [-0.1, -0.05) is 30.2 Å². The van der Waals surface area contributed by atoms with Crippen LogP contribution in [0.2, 0.25) is 0 Å². The fraction of sp³-hybridized carbons (Fsp3) is 0.333. The number of anilines is 1. The maximum absolute atomic E-state index is 17.1. The molecule has 2 saturated heterocycles. The Morgan fingerprint density at radius 3 is 2.74 bits per heavy atom. The predicted octanol–water partition coefficient (Wildman–Crippen LogP) is 5.13. The number of methoxy groups -OCH3 is 1. The maximum Gasteiger partial charge on any atom is 0.319 e. The van der Waals surface area contributed by atoms with Gasteiger partial charge >= 0.3 is 6.01 Å². The van der Waals surface area contributed by atoms with E-state index in [0.717, 1.165) is 19.4 Å². The van der Waals surface area contributed by atoms with Gasteiger partial charge in [0.15, 0.2) is 17.4 Å². The Bertz CT molecular complexity index is 2270.